The van der Waals surface area contributed by atoms with Gasteiger partial charge in [0.05, 0.1) is 0 Å². The van der Waals surface area contributed by atoms with Gasteiger partial charge in [0.2, 0.25) is 0 Å². The maximum absolute atomic E-state index is 12.6. The number of rotatable bonds is 2. The van der Waals surface area contributed by atoms with Crippen LogP contribution in [-0.4, -0.2) is 17.2 Å². The van der Waals surface area contributed by atoms with Crippen LogP contribution in [0.5, 0.6) is 0 Å². The summed E-state index contributed by atoms with van der Waals surface area (Å²) < 4.78 is 60.8. The average molecular weight is 226 g/mol. The first kappa shape index (κ1) is 11.9. The Hall–Kier alpha value is -1.17. The zero-order valence-electron chi connectivity index (χ0n) is 7.30. The second-order valence-electron chi connectivity index (χ2n) is 2.93. The molecule has 0 amide bonds. The molecule has 1 aromatic rings. The van der Waals surface area contributed by atoms with Crippen LogP contribution in [0.4, 0.5) is 22.0 Å². The highest BCUT2D eigenvalue weighted by atomic mass is 19.4. The molecule has 0 bridgehead atoms. The van der Waals surface area contributed by atoms with Gasteiger partial charge in [0.25, 0.3) is 0 Å². The van der Waals surface area contributed by atoms with Crippen molar-refractivity contribution in [1.82, 2.24) is 0 Å². The van der Waals surface area contributed by atoms with E-state index in [1.54, 1.807) is 0 Å². The lowest BCUT2D eigenvalue weighted by Crippen LogP contribution is -2.42. The van der Waals surface area contributed by atoms with E-state index in [1.165, 1.54) is 18.2 Å². The summed E-state index contributed by atoms with van der Waals surface area (Å²) in [6.45, 7) is 0. The van der Waals surface area contributed by atoms with E-state index in [2.05, 4.69) is 0 Å². The van der Waals surface area contributed by atoms with Crippen molar-refractivity contribution >= 4 is 0 Å². The van der Waals surface area contributed by atoms with Crippen molar-refractivity contribution in [3.8, 4) is 0 Å². The fraction of sp³-hybridized carbons (Fsp3) is 0.333. The summed E-state index contributed by atoms with van der Waals surface area (Å²) in [7, 11) is 0. The fourth-order valence-electron chi connectivity index (χ4n) is 1.000. The lowest BCUT2D eigenvalue weighted by Gasteiger charge is -2.24. The molecule has 1 rings (SSSR count). The maximum atomic E-state index is 12.6. The predicted molar refractivity (Wildman–Crippen MR) is 42.4 cm³/mol. The minimum Gasteiger partial charge on any atom is -0.382 e. The lowest BCUT2D eigenvalue weighted by molar-refractivity contribution is -0.315. The Balaban J connectivity index is 3.00. The molecule has 0 saturated heterocycles. The predicted octanol–water partition coefficient (Wildman–Crippen LogP) is 2.92. The number of aliphatic hydroxyl groups is 1. The van der Waals surface area contributed by atoms with Gasteiger partial charge in [-0.2, -0.15) is 22.0 Å². The molecule has 0 aromatic heterocycles. The van der Waals surface area contributed by atoms with Crippen molar-refractivity contribution in [1.29, 1.82) is 0 Å². The first-order valence-electron chi connectivity index (χ1n) is 3.94. The third-order valence-electron chi connectivity index (χ3n) is 1.84. The van der Waals surface area contributed by atoms with E-state index in [4.69, 9.17) is 5.11 Å². The summed E-state index contributed by atoms with van der Waals surface area (Å²) >= 11 is 0. The van der Waals surface area contributed by atoms with Crippen LogP contribution in [0, 0.1) is 0 Å². The molecule has 0 heterocycles. The Morgan fingerprint density at radius 2 is 1.40 bits per heavy atom. The van der Waals surface area contributed by atoms with Gasteiger partial charge in [-0.25, -0.2) is 0 Å². The van der Waals surface area contributed by atoms with E-state index >= 15 is 0 Å². The molecular formula is C9H7F5O. The molecule has 1 N–H and O–H groups in total. The molecule has 0 aliphatic rings. The van der Waals surface area contributed by atoms with Crippen LogP contribution in [0.25, 0.3) is 0 Å². The number of alkyl halides is 5. The largest absolute Gasteiger partial charge is 0.456 e. The van der Waals surface area contributed by atoms with Gasteiger partial charge in [0.1, 0.15) is 0 Å². The lowest BCUT2D eigenvalue weighted by atomic mass is 10.0. The van der Waals surface area contributed by atoms with Crippen LogP contribution >= 0.6 is 0 Å². The van der Waals surface area contributed by atoms with Gasteiger partial charge in [-0.1, -0.05) is 30.3 Å². The molecule has 0 aliphatic carbocycles. The summed E-state index contributed by atoms with van der Waals surface area (Å²) in [5.74, 6) is -5.14. The molecule has 15 heavy (non-hydrogen) atoms. The van der Waals surface area contributed by atoms with Crippen molar-refractivity contribution in [2.75, 3.05) is 0 Å². The van der Waals surface area contributed by atoms with Crippen molar-refractivity contribution in [3.63, 3.8) is 0 Å². The standard InChI is InChI=1S/C9H7F5O/c10-8(11,9(12,13)14)7(15)6-4-2-1-3-5-6/h1-5,7,15H/t7-/m0/s1. The van der Waals surface area contributed by atoms with Gasteiger partial charge < -0.3 is 5.11 Å². The molecule has 0 radical (unpaired) electrons. The molecule has 0 fully saturated rings. The average Bonchev–Trinajstić information content (AvgIpc) is 2.16. The van der Waals surface area contributed by atoms with Crippen LogP contribution in [0.2, 0.25) is 0 Å². The number of halogens is 5. The topological polar surface area (TPSA) is 20.2 Å². The summed E-state index contributed by atoms with van der Waals surface area (Å²) in [6.07, 6.45) is -8.64. The van der Waals surface area contributed by atoms with E-state index in [-0.39, 0.29) is 0 Å². The quantitative estimate of drug-likeness (QED) is 0.768. The Kier molecular flexibility index (Phi) is 2.99. The van der Waals surface area contributed by atoms with Crippen molar-refractivity contribution in [2.45, 2.75) is 18.2 Å². The van der Waals surface area contributed by atoms with Crippen molar-refractivity contribution in [3.05, 3.63) is 35.9 Å². The Morgan fingerprint density at radius 3 is 1.80 bits per heavy atom. The number of aliphatic hydroxyl groups excluding tert-OH is 1. The van der Waals surface area contributed by atoms with Gasteiger partial charge in [0, 0.05) is 0 Å². The zero-order chi connectivity index (χ0) is 11.7. The van der Waals surface area contributed by atoms with Crippen molar-refractivity contribution < 1.29 is 27.1 Å². The van der Waals surface area contributed by atoms with Crippen molar-refractivity contribution in [2.24, 2.45) is 0 Å². The van der Waals surface area contributed by atoms with Crippen LogP contribution in [0.1, 0.15) is 11.7 Å². The fourth-order valence-corrected chi connectivity index (χ4v) is 1.000. The molecule has 0 spiro atoms. The summed E-state index contributed by atoms with van der Waals surface area (Å²) in [4.78, 5) is 0. The highest BCUT2D eigenvalue weighted by Gasteiger charge is 2.62. The second kappa shape index (κ2) is 3.77. The highest BCUT2D eigenvalue weighted by Crippen LogP contribution is 2.44. The van der Waals surface area contributed by atoms with E-state index < -0.39 is 23.8 Å². The minimum absolute atomic E-state index is 0.472. The van der Waals surface area contributed by atoms with E-state index in [9.17, 15) is 22.0 Å². The van der Waals surface area contributed by atoms with E-state index in [0.29, 0.717) is 0 Å². The van der Waals surface area contributed by atoms with Gasteiger partial charge in [-0.3, -0.25) is 0 Å². The van der Waals surface area contributed by atoms with Gasteiger partial charge >= 0.3 is 12.1 Å². The first-order valence-corrected chi connectivity index (χ1v) is 3.94. The number of hydrogen-bond donors (Lipinski definition) is 1. The molecular weight excluding hydrogens is 219 g/mol. The zero-order valence-corrected chi connectivity index (χ0v) is 7.30. The Morgan fingerprint density at radius 1 is 0.933 bits per heavy atom. The van der Waals surface area contributed by atoms with Crippen LogP contribution in [0.15, 0.2) is 30.3 Å². The van der Waals surface area contributed by atoms with Gasteiger partial charge in [-0.05, 0) is 5.56 Å². The highest BCUT2D eigenvalue weighted by molar-refractivity contribution is 5.19. The summed E-state index contributed by atoms with van der Waals surface area (Å²) in [6, 6.07) is 5.99. The Labute approximate surface area is 82.1 Å². The normalized spacial score (nSPS) is 15.1. The molecule has 1 atom stereocenters. The summed E-state index contributed by atoms with van der Waals surface area (Å²) in [5.41, 5.74) is -0.472. The molecule has 0 aliphatic heterocycles. The van der Waals surface area contributed by atoms with Crippen LogP contribution < -0.4 is 0 Å². The molecule has 0 unspecified atom stereocenters. The first-order chi connectivity index (χ1) is 6.77. The molecule has 1 aromatic carbocycles. The monoisotopic (exact) mass is 226 g/mol. The molecule has 0 saturated carbocycles. The second-order valence-corrected chi connectivity index (χ2v) is 2.93. The molecule has 84 valence electrons. The Bertz CT molecular complexity index is 319. The number of hydrogen-bond acceptors (Lipinski definition) is 1. The van der Waals surface area contributed by atoms with E-state index in [1.807, 2.05) is 0 Å². The third-order valence-corrected chi connectivity index (χ3v) is 1.84. The maximum Gasteiger partial charge on any atom is 0.456 e. The van der Waals surface area contributed by atoms with Gasteiger partial charge in [-0.15, -0.1) is 0 Å². The minimum atomic E-state index is -5.76. The van der Waals surface area contributed by atoms with Crippen LogP contribution in [0.3, 0.4) is 0 Å². The SMILES string of the molecule is O[C@@H](c1ccccc1)C(F)(F)C(F)(F)F. The van der Waals surface area contributed by atoms with Gasteiger partial charge in [0.15, 0.2) is 6.10 Å². The summed E-state index contributed by atoms with van der Waals surface area (Å²) in [5, 5.41) is 8.91. The third kappa shape index (κ3) is 2.26. The smallest absolute Gasteiger partial charge is 0.382 e. The van der Waals surface area contributed by atoms with Crippen LogP contribution in [-0.2, 0) is 0 Å². The van der Waals surface area contributed by atoms with E-state index in [0.717, 1.165) is 12.1 Å². The molecule has 1 nitrogen and oxygen atoms in total. The molecule has 6 heteroatoms. The number of benzene rings is 1.